The van der Waals surface area contributed by atoms with Crippen molar-refractivity contribution in [3.8, 4) is 6.07 Å². The number of halogens is 1. The van der Waals surface area contributed by atoms with Crippen LogP contribution in [0.3, 0.4) is 0 Å². The Labute approximate surface area is 87.4 Å². The molecule has 1 N–H and O–H groups in total. The number of anilines is 1. The second kappa shape index (κ2) is 4.28. The summed E-state index contributed by atoms with van der Waals surface area (Å²) in [5.41, 5.74) is -0.153. The molecule has 0 fully saturated rings. The number of hydrogen-bond donors (Lipinski definition) is 1. The average molecular weight is 228 g/mol. The Bertz CT molecular complexity index is 493. The third-order valence-electron chi connectivity index (χ3n) is 1.77. The Morgan fingerprint density at radius 1 is 1.47 bits per heavy atom. The highest BCUT2D eigenvalue weighted by Gasteiger charge is 2.20. The number of sulfonamides is 1. The highest BCUT2D eigenvalue weighted by molar-refractivity contribution is 7.93. The molecule has 1 rings (SSSR count). The van der Waals surface area contributed by atoms with E-state index >= 15 is 0 Å². The SMILES string of the molecule is CC(C#N)S(=O)(=O)Nc1ccccc1F. The fourth-order valence-electron chi connectivity index (χ4n) is 0.855. The van der Waals surface area contributed by atoms with Gasteiger partial charge in [-0.05, 0) is 19.1 Å². The predicted octanol–water partition coefficient (Wildman–Crippen LogP) is 1.48. The van der Waals surface area contributed by atoms with Crippen LogP contribution in [0, 0.1) is 17.1 Å². The maximum atomic E-state index is 13.1. The number of rotatable bonds is 3. The van der Waals surface area contributed by atoms with Crippen molar-refractivity contribution >= 4 is 15.7 Å². The van der Waals surface area contributed by atoms with Gasteiger partial charge in [-0.3, -0.25) is 4.72 Å². The van der Waals surface area contributed by atoms with Crippen LogP contribution in [0.5, 0.6) is 0 Å². The van der Waals surface area contributed by atoms with E-state index in [1.807, 2.05) is 4.72 Å². The first-order valence-corrected chi connectivity index (χ1v) is 5.68. The number of nitrogens with one attached hydrogen (secondary N) is 1. The molecular formula is C9H9FN2O2S. The average Bonchev–Trinajstić information content (AvgIpc) is 2.20. The topological polar surface area (TPSA) is 70.0 Å². The maximum Gasteiger partial charge on any atom is 0.248 e. The molecule has 0 radical (unpaired) electrons. The first-order chi connectivity index (χ1) is 6.97. The highest BCUT2D eigenvalue weighted by Crippen LogP contribution is 2.15. The Balaban J connectivity index is 2.98. The number of benzene rings is 1. The zero-order valence-corrected chi connectivity index (χ0v) is 8.75. The summed E-state index contributed by atoms with van der Waals surface area (Å²) in [6.07, 6.45) is 0. The Morgan fingerprint density at radius 2 is 2.07 bits per heavy atom. The molecule has 6 heteroatoms. The van der Waals surface area contributed by atoms with Gasteiger partial charge in [0.1, 0.15) is 5.82 Å². The van der Waals surface area contributed by atoms with E-state index in [4.69, 9.17) is 5.26 Å². The fraction of sp³-hybridized carbons (Fsp3) is 0.222. The number of hydrogen-bond acceptors (Lipinski definition) is 3. The summed E-state index contributed by atoms with van der Waals surface area (Å²) in [6.45, 7) is 1.23. The molecule has 15 heavy (non-hydrogen) atoms. The van der Waals surface area contributed by atoms with E-state index in [1.54, 1.807) is 6.07 Å². The molecule has 0 aliphatic rings. The van der Waals surface area contributed by atoms with Crippen molar-refractivity contribution in [3.05, 3.63) is 30.1 Å². The second-order valence-electron chi connectivity index (χ2n) is 2.90. The molecule has 0 aliphatic heterocycles. The molecule has 0 saturated carbocycles. The van der Waals surface area contributed by atoms with E-state index in [-0.39, 0.29) is 5.69 Å². The summed E-state index contributed by atoms with van der Waals surface area (Å²) >= 11 is 0. The Kier molecular flexibility index (Phi) is 3.27. The van der Waals surface area contributed by atoms with Gasteiger partial charge >= 0.3 is 0 Å². The predicted molar refractivity (Wildman–Crippen MR) is 54.0 cm³/mol. The molecule has 0 spiro atoms. The number of para-hydroxylation sites is 1. The molecule has 80 valence electrons. The van der Waals surface area contributed by atoms with Crippen molar-refractivity contribution in [1.29, 1.82) is 5.26 Å². The van der Waals surface area contributed by atoms with E-state index in [9.17, 15) is 12.8 Å². The van der Waals surface area contributed by atoms with Crippen molar-refractivity contribution in [2.45, 2.75) is 12.2 Å². The standard InChI is InChI=1S/C9H9FN2O2S/c1-7(6-11)15(13,14)12-9-5-3-2-4-8(9)10/h2-5,7,12H,1H3. The number of nitrogens with zero attached hydrogens (tertiary/aromatic N) is 1. The summed E-state index contributed by atoms with van der Waals surface area (Å²) in [6, 6.07) is 6.94. The summed E-state index contributed by atoms with van der Waals surface area (Å²) in [4.78, 5) is 0. The largest absolute Gasteiger partial charge is 0.279 e. The molecule has 0 bridgehead atoms. The van der Waals surface area contributed by atoms with Crippen LogP contribution in [0.15, 0.2) is 24.3 Å². The summed E-state index contributed by atoms with van der Waals surface area (Å²) in [5, 5.41) is 7.23. The van der Waals surface area contributed by atoms with Gasteiger partial charge in [0, 0.05) is 0 Å². The fourth-order valence-corrected chi connectivity index (χ4v) is 1.64. The van der Waals surface area contributed by atoms with Crippen LogP contribution >= 0.6 is 0 Å². The highest BCUT2D eigenvalue weighted by atomic mass is 32.2. The van der Waals surface area contributed by atoms with Gasteiger partial charge in [-0.15, -0.1) is 0 Å². The molecule has 0 heterocycles. The minimum atomic E-state index is -3.84. The van der Waals surface area contributed by atoms with Crippen LogP contribution in [0.2, 0.25) is 0 Å². The summed E-state index contributed by atoms with van der Waals surface area (Å²) in [5.74, 6) is -0.675. The zero-order valence-electron chi connectivity index (χ0n) is 7.94. The van der Waals surface area contributed by atoms with Gasteiger partial charge in [-0.2, -0.15) is 5.26 Å². The molecule has 1 aromatic carbocycles. The van der Waals surface area contributed by atoms with Crippen molar-refractivity contribution in [2.75, 3.05) is 4.72 Å². The van der Waals surface area contributed by atoms with Gasteiger partial charge in [0.2, 0.25) is 10.0 Å². The molecule has 1 atom stereocenters. The van der Waals surface area contributed by atoms with Gasteiger partial charge in [0.15, 0.2) is 5.25 Å². The lowest BCUT2D eigenvalue weighted by Gasteiger charge is -2.09. The summed E-state index contributed by atoms with van der Waals surface area (Å²) in [7, 11) is -3.84. The molecule has 0 amide bonds. The Hall–Kier alpha value is -1.61. The quantitative estimate of drug-likeness (QED) is 0.851. The third kappa shape index (κ3) is 2.67. The van der Waals surface area contributed by atoms with Gasteiger partial charge in [0.25, 0.3) is 0 Å². The van der Waals surface area contributed by atoms with Crippen molar-refractivity contribution < 1.29 is 12.8 Å². The first kappa shape index (κ1) is 11.5. The molecule has 1 unspecified atom stereocenters. The monoisotopic (exact) mass is 228 g/mol. The van der Waals surface area contributed by atoms with Crippen molar-refractivity contribution in [3.63, 3.8) is 0 Å². The van der Waals surface area contributed by atoms with Crippen LogP contribution < -0.4 is 4.72 Å². The lowest BCUT2D eigenvalue weighted by Crippen LogP contribution is -2.24. The van der Waals surface area contributed by atoms with Gasteiger partial charge in [-0.25, -0.2) is 12.8 Å². The van der Waals surface area contributed by atoms with E-state index in [0.717, 1.165) is 6.07 Å². The molecule has 0 aliphatic carbocycles. The van der Waals surface area contributed by atoms with Crippen LogP contribution in [0.4, 0.5) is 10.1 Å². The maximum absolute atomic E-state index is 13.1. The molecule has 0 aromatic heterocycles. The smallest absolute Gasteiger partial charge is 0.248 e. The lowest BCUT2D eigenvalue weighted by atomic mass is 10.3. The number of nitriles is 1. The van der Waals surface area contributed by atoms with E-state index < -0.39 is 21.1 Å². The van der Waals surface area contributed by atoms with Crippen LogP contribution in [-0.2, 0) is 10.0 Å². The minimum absolute atomic E-state index is 0.153. The second-order valence-corrected chi connectivity index (χ2v) is 4.90. The normalized spacial score (nSPS) is 12.9. The lowest BCUT2D eigenvalue weighted by molar-refractivity contribution is 0.594. The molecule has 1 aromatic rings. The Morgan fingerprint density at radius 3 is 2.60 bits per heavy atom. The molecular weight excluding hydrogens is 219 g/mol. The minimum Gasteiger partial charge on any atom is -0.279 e. The van der Waals surface area contributed by atoms with Crippen LogP contribution in [0.1, 0.15) is 6.92 Å². The van der Waals surface area contributed by atoms with Crippen LogP contribution in [-0.4, -0.2) is 13.7 Å². The van der Waals surface area contributed by atoms with E-state index in [2.05, 4.69) is 0 Å². The first-order valence-electron chi connectivity index (χ1n) is 4.13. The van der Waals surface area contributed by atoms with Gasteiger partial charge < -0.3 is 0 Å². The van der Waals surface area contributed by atoms with Crippen molar-refractivity contribution in [2.24, 2.45) is 0 Å². The third-order valence-corrected chi connectivity index (χ3v) is 3.31. The van der Waals surface area contributed by atoms with E-state index in [1.165, 1.54) is 25.1 Å². The summed E-state index contributed by atoms with van der Waals surface area (Å²) < 4.78 is 37.9. The van der Waals surface area contributed by atoms with Crippen LogP contribution in [0.25, 0.3) is 0 Å². The van der Waals surface area contributed by atoms with E-state index in [0.29, 0.717) is 0 Å². The van der Waals surface area contributed by atoms with Gasteiger partial charge in [-0.1, -0.05) is 12.1 Å². The van der Waals surface area contributed by atoms with Crippen molar-refractivity contribution in [1.82, 2.24) is 0 Å². The molecule has 0 saturated heterocycles. The zero-order chi connectivity index (χ0) is 11.5. The van der Waals surface area contributed by atoms with Gasteiger partial charge in [0.05, 0.1) is 11.8 Å². The molecule has 4 nitrogen and oxygen atoms in total.